The van der Waals surface area contributed by atoms with E-state index < -0.39 is 0 Å². The summed E-state index contributed by atoms with van der Waals surface area (Å²) in [5.74, 6) is 0. The van der Waals surface area contributed by atoms with E-state index in [1.54, 1.807) is 12.1 Å². The SMILES string of the molecule is O=[n+]1[nH]nc2cccnn21. The molecule has 50 valence electrons. The Morgan fingerprint density at radius 1 is 1.70 bits per heavy atom. The molecule has 0 atom stereocenters. The van der Waals surface area contributed by atoms with Crippen LogP contribution in [-0.4, -0.2) is 20.0 Å². The van der Waals surface area contributed by atoms with Crippen LogP contribution in [0.25, 0.3) is 5.65 Å². The first kappa shape index (κ1) is 5.10. The molecule has 0 bridgehead atoms. The zero-order valence-corrected chi connectivity index (χ0v) is 4.93. The molecule has 6 heteroatoms. The van der Waals surface area contributed by atoms with Crippen LogP contribution in [0.3, 0.4) is 0 Å². The largest absolute Gasteiger partial charge is 0.304 e. The minimum Gasteiger partial charge on any atom is -0.0468 e. The quantitative estimate of drug-likeness (QED) is 0.473. The van der Waals surface area contributed by atoms with Crippen LogP contribution in [0.4, 0.5) is 0 Å². The van der Waals surface area contributed by atoms with Gasteiger partial charge in [-0.3, -0.25) is 0 Å². The van der Waals surface area contributed by atoms with Crippen LogP contribution >= 0.6 is 0 Å². The van der Waals surface area contributed by atoms with Crippen LogP contribution in [0.5, 0.6) is 0 Å². The van der Waals surface area contributed by atoms with Crippen molar-refractivity contribution in [3.8, 4) is 0 Å². The van der Waals surface area contributed by atoms with Gasteiger partial charge in [-0.2, -0.15) is 0 Å². The van der Waals surface area contributed by atoms with Gasteiger partial charge in [0.05, 0.1) is 0 Å². The first-order valence-corrected chi connectivity index (χ1v) is 2.69. The minimum atomic E-state index is 0.440. The van der Waals surface area contributed by atoms with Crippen LogP contribution in [0.1, 0.15) is 0 Å². The van der Waals surface area contributed by atoms with Crippen molar-refractivity contribution >= 4 is 5.65 Å². The number of hydrogen-bond donors (Lipinski definition) is 1. The smallest absolute Gasteiger partial charge is 0.0468 e. The Bertz CT molecular complexity index is 401. The Kier molecular flexibility index (Phi) is 0.830. The van der Waals surface area contributed by atoms with Gasteiger partial charge in [-0.1, -0.05) is 0 Å². The number of H-pyrrole nitrogens is 1. The molecule has 2 aromatic rings. The molecule has 10 heavy (non-hydrogen) atoms. The van der Waals surface area contributed by atoms with E-state index in [0.29, 0.717) is 10.3 Å². The maximum atomic E-state index is 10.7. The van der Waals surface area contributed by atoms with Gasteiger partial charge in [-0.15, -0.1) is 0 Å². The van der Waals surface area contributed by atoms with E-state index in [4.69, 9.17) is 0 Å². The van der Waals surface area contributed by atoms with Gasteiger partial charge in [0.25, 0.3) is 0 Å². The first-order valence-electron chi connectivity index (χ1n) is 2.69. The van der Waals surface area contributed by atoms with E-state index in [2.05, 4.69) is 15.4 Å². The highest BCUT2D eigenvalue weighted by Crippen LogP contribution is 1.86. The number of fused-ring (bicyclic) bond motifs is 1. The second-order valence-electron chi connectivity index (χ2n) is 1.76. The van der Waals surface area contributed by atoms with E-state index in [0.717, 1.165) is 4.63 Å². The van der Waals surface area contributed by atoms with Crippen molar-refractivity contribution in [2.45, 2.75) is 0 Å². The lowest BCUT2D eigenvalue weighted by molar-refractivity contribution is -0.644. The summed E-state index contributed by atoms with van der Waals surface area (Å²) in [7, 11) is 0. The van der Waals surface area contributed by atoms with E-state index in [9.17, 15) is 4.91 Å². The zero-order chi connectivity index (χ0) is 6.97. The standard InChI is InChI=1S/C4H4N5O/c10-9-7-6-4-2-1-3-5-8(4)9/h1-3H,(H,7,10)/q+1. The Balaban J connectivity index is 3.07. The van der Waals surface area contributed by atoms with Gasteiger partial charge in [0.1, 0.15) is 6.20 Å². The molecule has 2 rings (SSSR count). The summed E-state index contributed by atoms with van der Waals surface area (Å²) in [5, 5.41) is 9.55. The second-order valence-corrected chi connectivity index (χ2v) is 1.76. The summed E-state index contributed by atoms with van der Waals surface area (Å²) in [4.78, 5) is 10.7. The molecule has 0 aliphatic carbocycles. The number of rotatable bonds is 0. The molecule has 6 nitrogen and oxygen atoms in total. The Labute approximate surface area is 54.7 Å². The maximum absolute atomic E-state index is 10.7. The zero-order valence-electron chi connectivity index (χ0n) is 4.93. The first-order chi connectivity index (χ1) is 4.88. The summed E-state index contributed by atoms with van der Waals surface area (Å²) in [6.07, 6.45) is 1.51. The summed E-state index contributed by atoms with van der Waals surface area (Å²) in [5.41, 5.74) is 0.498. The minimum absolute atomic E-state index is 0.440. The average molecular weight is 138 g/mol. The van der Waals surface area contributed by atoms with Gasteiger partial charge in [-0.25, -0.2) is 0 Å². The van der Waals surface area contributed by atoms with Crippen molar-refractivity contribution in [1.29, 1.82) is 0 Å². The predicted molar refractivity (Wildman–Crippen MR) is 30.7 cm³/mol. The van der Waals surface area contributed by atoms with Crippen LogP contribution in [0, 0.1) is 4.91 Å². The molecule has 0 aliphatic rings. The van der Waals surface area contributed by atoms with Gasteiger partial charge in [0.2, 0.25) is 0 Å². The van der Waals surface area contributed by atoms with Gasteiger partial charge < -0.3 is 0 Å². The fraction of sp³-hybridized carbons (Fsp3) is 0. The van der Waals surface area contributed by atoms with E-state index in [-0.39, 0.29) is 0 Å². The van der Waals surface area contributed by atoms with Crippen molar-refractivity contribution in [3.05, 3.63) is 23.2 Å². The number of tetrazole rings is 1. The van der Waals surface area contributed by atoms with Crippen molar-refractivity contribution in [2.24, 2.45) is 0 Å². The second kappa shape index (κ2) is 1.63. The number of nitrogens with one attached hydrogen (secondary N) is 1. The number of hydrogen-bond acceptors (Lipinski definition) is 3. The van der Waals surface area contributed by atoms with Crippen molar-refractivity contribution < 1.29 is 4.66 Å². The molecular formula is C4H4N5O+. The molecule has 0 saturated heterocycles. The third kappa shape index (κ3) is 0.524. The highest BCUT2D eigenvalue weighted by Gasteiger charge is 2.03. The van der Waals surface area contributed by atoms with Gasteiger partial charge in [-0.05, 0) is 21.3 Å². The van der Waals surface area contributed by atoms with Crippen LogP contribution in [0.15, 0.2) is 18.3 Å². The third-order valence-corrected chi connectivity index (χ3v) is 1.13. The molecule has 0 unspecified atom stereocenters. The van der Waals surface area contributed by atoms with Gasteiger partial charge in [0, 0.05) is 15.8 Å². The average Bonchev–Trinajstić information content (AvgIpc) is 2.34. The number of nitrogens with zero attached hydrogens (tertiary/aromatic N) is 4. The summed E-state index contributed by atoms with van der Waals surface area (Å²) in [6.45, 7) is 0. The topological polar surface area (TPSA) is 69.0 Å². The van der Waals surface area contributed by atoms with Crippen molar-refractivity contribution in [1.82, 2.24) is 20.0 Å². The third-order valence-electron chi connectivity index (χ3n) is 1.13. The number of aromatic nitrogens is 5. The summed E-state index contributed by atoms with van der Waals surface area (Å²) < 4.78 is 1.55. The molecule has 0 saturated carbocycles. The van der Waals surface area contributed by atoms with E-state index in [1.165, 1.54) is 6.20 Å². The molecule has 2 aromatic heterocycles. The Morgan fingerprint density at radius 2 is 2.60 bits per heavy atom. The fourth-order valence-electron chi connectivity index (χ4n) is 0.715. The van der Waals surface area contributed by atoms with Gasteiger partial charge in [0.15, 0.2) is 4.66 Å². The Morgan fingerprint density at radius 3 is 3.40 bits per heavy atom. The highest BCUT2D eigenvalue weighted by molar-refractivity contribution is 5.29. The molecule has 0 aromatic carbocycles. The number of aromatic amines is 1. The lowest BCUT2D eigenvalue weighted by Crippen LogP contribution is -2.25. The normalized spacial score (nSPS) is 10.4. The van der Waals surface area contributed by atoms with Crippen LogP contribution in [-0.2, 0) is 0 Å². The molecule has 0 amide bonds. The predicted octanol–water partition coefficient (Wildman–Crippen LogP) is -1.03. The van der Waals surface area contributed by atoms with Crippen molar-refractivity contribution in [2.75, 3.05) is 0 Å². The molecular weight excluding hydrogens is 134 g/mol. The van der Waals surface area contributed by atoms with Crippen molar-refractivity contribution in [3.63, 3.8) is 0 Å². The monoisotopic (exact) mass is 138 g/mol. The highest BCUT2D eigenvalue weighted by atomic mass is 16.3. The summed E-state index contributed by atoms with van der Waals surface area (Å²) in [6, 6.07) is 3.38. The lowest BCUT2D eigenvalue weighted by atomic mass is 10.6. The van der Waals surface area contributed by atoms with Gasteiger partial charge >= 0.3 is 5.65 Å². The molecule has 0 radical (unpaired) electrons. The molecule has 0 fully saturated rings. The summed E-state index contributed by atoms with van der Waals surface area (Å²) >= 11 is 0. The van der Waals surface area contributed by atoms with E-state index in [1.807, 2.05) is 0 Å². The lowest BCUT2D eigenvalue weighted by Gasteiger charge is -1.72. The van der Waals surface area contributed by atoms with Crippen LogP contribution < -0.4 is 4.66 Å². The maximum Gasteiger partial charge on any atom is 0.304 e. The van der Waals surface area contributed by atoms with Crippen LogP contribution in [0.2, 0.25) is 0 Å². The molecule has 2 heterocycles. The Hall–Kier alpha value is -1.72. The molecule has 0 spiro atoms. The van der Waals surface area contributed by atoms with E-state index >= 15 is 0 Å². The molecule has 1 N–H and O–H groups in total. The molecule has 0 aliphatic heterocycles. The fourth-order valence-corrected chi connectivity index (χ4v) is 0.715.